The third-order valence-corrected chi connectivity index (χ3v) is 2.25. The molecule has 0 spiro atoms. The number of likely N-dealkylation sites (N-methyl/N-ethyl adjacent to an activating group) is 1. The largest absolute Gasteiger partial charge is 0.311 e. The summed E-state index contributed by atoms with van der Waals surface area (Å²) in [7, 11) is 4.16. The average Bonchev–Trinajstić information content (AvgIpc) is 2.12. The summed E-state index contributed by atoms with van der Waals surface area (Å²) < 4.78 is 0. The highest BCUT2D eigenvalue weighted by atomic mass is 32.1. The van der Waals surface area contributed by atoms with Gasteiger partial charge in [-0.2, -0.15) is 0 Å². The summed E-state index contributed by atoms with van der Waals surface area (Å²) in [4.78, 5) is 3.19. The lowest BCUT2D eigenvalue weighted by Gasteiger charge is -2.10. The molecular formula is C11H18N2S. The molecule has 0 bridgehead atoms. The van der Waals surface area contributed by atoms with Gasteiger partial charge in [0.2, 0.25) is 0 Å². The Labute approximate surface area is 91.7 Å². The zero-order valence-corrected chi connectivity index (χ0v) is 9.72. The standard InChI is InChI=1S/C11H18N2S/c1-13(2)7-6-12-9-10-4-3-5-11(14)8-10/h3-5,8,12,14H,6-7,9H2,1-2H3. The number of benzene rings is 1. The molecule has 0 heterocycles. The van der Waals surface area contributed by atoms with Crippen LogP contribution in [-0.4, -0.2) is 32.1 Å². The van der Waals surface area contributed by atoms with Crippen molar-refractivity contribution in [2.45, 2.75) is 11.4 Å². The second kappa shape index (κ2) is 6.06. The van der Waals surface area contributed by atoms with Gasteiger partial charge >= 0.3 is 0 Å². The Morgan fingerprint density at radius 3 is 2.79 bits per heavy atom. The van der Waals surface area contributed by atoms with E-state index in [1.807, 2.05) is 12.1 Å². The molecule has 0 fully saturated rings. The van der Waals surface area contributed by atoms with Crippen molar-refractivity contribution >= 4 is 12.6 Å². The van der Waals surface area contributed by atoms with E-state index in [4.69, 9.17) is 0 Å². The summed E-state index contributed by atoms with van der Waals surface area (Å²) in [5, 5.41) is 3.38. The van der Waals surface area contributed by atoms with Gasteiger partial charge in [-0.3, -0.25) is 0 Å². The van der Waals surface area contributed by atoms with Crippen LogP contribution in [0.1, 0.15) is 5.56 Å². The maximum Gasteiger partial charge on any atom is 0.0206 e. The summed E-state index contributed by atoms with van der Waals surface area (Å²) >= 11 is 4.30. The lowest BCUT2D eigenvalue weighted by molar-refractivity contribution is 0.400. The zero-order chi connectivity index (χ0) is 10.4. The molecule has 0 saturated heterocycles. The van der Waals surface area contributed by atoms with E-state index in [1.165, 1.54) is 5.56 Å². The second-order valence-corrected chi connectivity index (χ2v) is 4.17. The first kappa shape index (κ1) is 11.6. The van der Waals surface area contributed by atoms with Crippen LogP contribution in [0.15, 0.2) is 29.2 Å². The van der Waals surface area contributed by atoms with Crippen LogP contribution in [0.25, 0.3) is 0 Å². The molecule has 1 rings (SSSR count). The molecule has 0 radical (unpaired) electrons. The number of hydrogen-bond acceptors (Lipinski definition) is 3. The topological polar surface area (TPSA) is 15.3 Å². The van der Waals surface area contributed by atoms with Crippen LogP contribution in [0.2, 0.25) is 0 Å². The van der Waals surface area contributed by atoms with E-state index in [2.05, 4.69) is 49.1 Å². The number of thiol groups is 1. The van der Waals surface area contributed by atoms with Crippen LogP contribution in [0.4, 0.5) is 0 Å². The molecule has 1 N–H and O–H groups in total. The van der Waals surface area contributed by atoms with Crippen molar-refractivity contribution in [3.8, 4) is 0 Å². The average molecular weight is 210 g/mol. The molecular weight excluding hydrogens is 192 g/mol. The van der Waals surface area contributed by atoms with E-state index < -0.39 is 0 Å². The Balaban J connectivity index is 2.25. The van der Waals surface area contributed by atoms with Crippen molar-refractivity contribution in [3.05, 3.63) is 29.8 Å². The van der Waals surface area contributed by atoms with E-state index in [0.717, 1.165) is 24.5 Å². The molecule has 14 heavy (non-hydrogen) atoms. The predicted octanol–water partition coefficient (Wildman–Crippen LogP) is 1.63. The summed E-state index contributed by atoms with van der Waals surface area (Å²) in [5.74, 6) is 0. The normalized spacial score (nSPS) is 10.9. The molecule has 0 aromatic heterocycles. The summed E-state index contributed by atoms with van der Waals surface area (Å²) in [6.45, 7) is 3.01. The summed E-state index contributed by atoms with van der Waals surface area (Å²) in [5.41, 5.74) is 1.29. The van der Waals surface area contributed by atoms with Crippen molar-refractivity contribution in [1.82, 2.24) is 10.2 Å². The Bertz CT molecular complexity index is 274. The number of hydrogen-bond donors (Lipinski definition) is 2. The van der Waals surface area contributed by atoms with Crippen molar-refractivity contribution in [1.29, 1.82) is 0 Å². The molecule has 2 nitrogen and oxygen atoms in total. The van der Waals surface area contributed by atoms with Gasteiger partial charge in [-0.25, -0.2) is 0 Å². The van der Waals surface area contributed by atoms with E-state index in [-0.39, 0.29) is 0 Å². The van der Waals surface area contributed by atoms with Gasteiger partial charge in [-0.15, -0.1) is 12.6 Å². The molecule has 0 unspecified atom stereocenters. The fraction of sp³-hybridized carbons (Fsp3) is 0.455. The van der Waals surface area contributed by atoms with Gasteiger partial charge in [-0.05, 0) is 31.8 Å². The molecule has 0 atom stereocenters. The maximum atomic E-state index is 4.30. The Kier molecular flexibility index (Phi) is 5.01. The molecule has 78 valence electrons. The molecule has 0 amide bonds. The molecule has 0 saturated carbocycles. The predicted molar refractivity (Wildman–Crippen MR) is 64.0 cm³/mol. The lowest BCUT2D eigenvalue weighted by Crippen LogP contribution is -2.26. The first-order valence-corrected chi connectivity index (χ1v) is 5.26. The number of nitrogens with one attached hydrogen (secondary N) is 1. The van der Waals surface area contributed by atoms with Crippen molar-refractivity contribution in [2.24, 2.45) is 0 Å². The van der Waals surface area contributed by atoms with Crippen molar-refractivity contribution in [2.75, 3.05) is 27.2 Å². The first-order chi connectivity index (χ1) is 6.68. The zero-order valence-electron chi connectivity index (χ0n) is 8.83. The Hall–Kier alpha value is -0.510. The van der Waals surface area contributed by atoms with E-state index in [9.17, 15) is 0 Å². The van der Waals surface area contributed by atoms with Crippen molar-refractivity contribution in [3.63, 3.8) is 0 Å². The van der Waals surface area contributed by atoms with E-state index >= 15 is 0 Å². The molecule has 3 heteroatoms. The fourth-order valence-electron chi connectivity index (χ4n) is 1.20. The minimum atomic E-state index is 0.919. The smallest absolute Gasteiger partial charge is 0.0206 e. The maximum absolute atomic E-state index is 4.30. The van der Waals surface area contributed by atoms with Gasteiger partial charge in [0.15, 0.2) is 0 Å². The molecule has 1 aromatic carbocycles. The molecule has 0 aliphatic heterocycles. The van der Waals surface area contributed by atoms with Crippen LogP contribution < -0.4 is 5.32 Å². The van der Waals surface area contributed by atoms with Crippen LogP contribution in [0, 0.1) is 0 Å². The summed E-state index contributed by atoms with van der Waals surface area (Å²) in [6.07, 6.45) is 0. The molecule has 0 aliphatic rings. The molecule has 0 aliphatic carbocycles. The Morgan fingerprint density at radius 2 is 2.14 bits per heavy atom. The van der Waals surface area contributed by atoms with Crippen LogP contribution >= 0.6 is 12.6 Å². The van der Waals surface area contributed by atoms with Gasteiger partial charge in [0.25, 0.3) is 0 Å². The highest BCUT2D eigenvalue weighted by Gasteiger charge is 1.93. The SMILES string of the molecule is CN(C)CCNCc1cccc(S)c1. The lowest BCUT2D eigenvalue weighted by atomic mass is 10.2. The van der Waals surface area contributed by atoms with Gasteiger partial charge in [0, 0.05) is 24.5 Å². The monoisotopic (exact) mass is 210 g/mol. The van der Waals surface area contributed by atoms with Crippen molar-refractivity contribution < 1.29 is 0 Å². The van der Waals surface area contributed by atoms with Crippen LogP contribution in [0.5, 0.6) is 0 Å². The van der Waals surface area contributed by atoms with Gasteiger partial charge in [-0.1, -0.05) is 12.1 Å². The minimum absolute atomic E-state index is 0.919. The minimum Gasteiger partial charge on any atom is -0.311 e. The third kappa shape index (κ3) is 4.65. The van der Waals surface area contributed by atoms with Crippen LogP contribution in [-0.2, 0) is 6.54 Å². The van der Waals surface area contributed by atoms with Crippen LogP contribution in [0.3, 0.4) is 0 Å². The summed E-state index contributed by atoms with van der Waals surface area (Å²) in [6, 6.07) is 8.23. The first-order valence-electron chi connectivity index (χ1n) is 4.82. The highest BCUT2D eigenvalue weighted by Crippen LogP contribution is 2.08. The second-order valence-electron chi connectivity index (χ2n) is 3.65. The van der Waals surface area contributed by atoms with E-state index in [0.29, 0.717) is 0 Å². The quantitative estimate of drug-likeness (QED) is 0.567. The molecule has 1 aromatic rings. The van der Waals surface area contributed by atoms with Gasteiger partial charge < -0.3 is 10.2 Å². The number of nitrogens with zero attached hydrogens (tertiary/aromatic N) is 1. The Morgan fingerprint density at radius 1 is 1.36 bits per heavy atom. The van der Waals surface area contributed by atoms with E-state index in [1.54, 1.807) is 0 Å². The highest BCUT2D eigenvalue weighted by molar-refractivity contribution is 7.80. The van der Waals surface area contributed by atoms with Gasteiger partial charge in [0.05, 0.1) is 0 Å². The number of rotatable bonds is 5. The fourth-order valence-corrected chi connectivity index (χ4v) is 1.45. The third-order valence-electron chi connectivity index (χ3n) is 1.98. The van der Waals surface area contributed by atoms with Gasteiger partial charge in [0.1, 0.15) is 0 Å².